The molecule has 2 aromatic rings. The second-order valence-corrected chi connectivity index (χ2v) is 4.57. The average Bonchev–Trinajstić information content (AvgIpc) is 2.39. The molecular weight excluding hydrogens is 296 g/mol. The van der Waals surface area contributed by atoms with E-state index in [0.29, 0.717) is 38.1 Å². The normalized spacial score (nSPS) is 10.7. The highest BCUT2D eigenvalue weighted by atomic mass is 35.5. The molecule has 6 heteroatoms. The van der Waals surface area contributed by atoms with Crippen molar-refractivity contribution >= 4 is 45.7 Å². The van der Waals surface area contributed by atoms with E-state index in [9.17, 15) is 0 Å². The molecule has 18 heavy (non-hydrogen) atoms. The summed E-state index contributed by atoms with van der Waals surface area (Å²) in [7, 11) is 3.09. The van der Waals surface area contributed by atoms with Crippen molar-refractivity contribution in [1.29, 1.82) is 0 Å². The molecule has 0 aliphatic rings. The minimum atomic E-state index is 0.262. The van der Waals surface area contributed by atoms with E-state index in [2.05, 4.69) is 4.98 Å². The van der Waals surface area contributed by atoms with E-state index in [4.69, 9.17) is 44.3 Å². The van der Waals surface area contributed by atoms with Crippen LogP contribution < -0.4 is 9.47 Å². The minimum absolute atomic E-state index is 0.262. The van der Waals surface area contributed by atoms with Crippen molar-refractivity contribution in [3.8, 4) is 11.5 Å². The van der Waals surface area contributed by atoms with E-state index in [1.165, 1.54) is 7.11 Å². The first kappa shape index (κ1) is 13.5. The smallest absolute Gasteiger partial charge is 0.148 e. The van der Waals surface area contributed by atoms with Gasteiger partial charge in [0.25, 0.3) is 0 Å². The number of benzene rings is 1. The number of halogens is 3. The number of pyridine rings is 1. The van der Waals surface area contributed by atoms with E-state index in [0.717, 1.165) is 0 Å². The van der Waals surface area contributed by atoms with Crippen LogP contribution in [0.1, 0.15) is 5.56 Å². The van der Waals surface area contributed by atoms with Crippen molar-refractivity contribution in [2.75, 3.05) is 14.2 Å². The lowest BCUT2D eigenvalue weighted by atomic mass is 10.1. The second kappa shape index (κ2) is 5.39. The Balaban J connectivity index is 2.86. The van der Waals surface area contributed by atoms with Gasteiger partial charge in [-0.2, -0.15) is 0 Å². The number of ether oxygens (including phenoxy) is 2. The molecule has 96 valence electrons. The van der Waals surface area contributed by atoms with E-state index >= 15 is 0 Å². The van der Waals surface area contributed by atoms with Crippen molar-refractivity contribution in [2.24, 2.45) is 0 Å². The summed E-state index contributed by atoms with van der Waals surface area (Å²) in [5.74, 6) is 1.33. The van der Waals surface area contributed by atoms with Gasteiger partial charge in [0.1, 0.15) is 22.2 Å². The van der Waals surface area contributed by atoms with Crippen LogP contribution in [0, 0.1) is 0 Å². The Hall–Kier alpha value is -0.900. The van der Waals surface area contributed by atoms with Crippen LogP contribution >= 0.6 is 34.8 Å². The van der Waals surface area contributed by atoms with Gasteiger partial charge in [-0.05, 0) is 6.07 Å². The Morgan fingerprint density at radius 1 is 1.11 bits per heavy atom. The number of hydrogen-bond donors (Lipinski definition) is 0. The SMILES string of the molecule is COc1cc(OC)c2nc(Cl)c(CCl)cc2c1Cl. The van der Waals surface area contributed by atoms with Gasteiger partial charge in [-0.1, -0.05) is 23.2 Å². The largest absolute Gasteiger partial charge is 0.495 e. The molecule has 0 atom stereocenters. The molecule has 1 heterocycles. The summed E-state index contributed by atoms with van der Waals surface area (Å²) in [5, 5.41) is 1.51. The molecule has 0 saturated carbocycles. The Labute approximate surface area is 120 Å². The molecule has 0 fully saturated rings. The summed E-state index contributed by atoms with van der Waals surface area (Å²) < 4.78 is 10.5. The number of methoxy groups -OCH3 is 2. The van der Waals surface area contributed by atoms with Crippen LogP contribution in [0.3, 0.4) is 0 Å². The molecule has 0 bridgehead atoms. The highest BCUT2D eigenvalue weighted by Gasteiger charge is 2.15. The third-order valence-corrected chi connectivity index (χ3v) is 3.59. The van der Waals surface area contributed by atoms with Crippen molar-refractivity contribution < 1.29 is 9.47 Å². The number of aromatic nitrogens is 1. The summed E-state index contributed by atoms with van der Waals surface area (Å²) in [6.45, 7) is 0. The van der Waals surface area contributed by atoms with E-state index in [1.54, 1.807) is 19.2 Å². The zero-order valence-electron chi connectivity index (χ0n) is 9.76. The van der Waals surface area contributed by atoms with Gasteiger partial charge in [0.05, 0.1) is 25.1 Å². The molecule has 0 saturated heterocycles. The van der Waals surface area contributed by atoms with Gasteiger partial charge in [-0.25, -0.2) is 4.98 Å². The van der Waals surface area contributed by atoms with Crippen LogP contribution in [0.15, 0.2) is 12.1 Å². The maximum absolute atomic E-state index is 6.25. The predicted molar refractivity (Wildman–Crippen MR) is 74.4 cm³/mol. The quantitative estimate of drug-likeness (QED) is 0.626. The van der Waals surface area contributed by atoms with Gasteiger partial charge in [0.2, 0.25) is 0 Å². The number of fused-ring (bicyclic) bond motifs is 1. The first-order valence-corrected chi connectivity index (χ1v) is 6.37. The molecule has 3 nitrogen and oxygen atoms in total. The fraction of sp³-hybridized carbons (Fsp3) is 0.250. The van der Waals surface area contributed by atoms with E-state index in [1.807, 2.05) is 0 Å². The molecule has 0 unspecified atom stereocenters. The lowest BCUT2D eigenvalue weighted by molar-refractivity contribution is 0.397. The molecule has 0 amide bonds. The zero-order chi connectivity index (χ0) is 13.3. The molecule has 0 spiro atoms. The molecule has 0 radical (unpaired) electrons. The average molecular weight is 307 g/mol. The third-order valence-electron chi connectivity index (χ3n) is 2.58. The summed E-state index contributed by atoms with van der Waals surface area (Å²) in [6.07, 6.45) is 0. The van der Waals surface area contributed by atoms with Crippen molar-refractivity contribution in [3.05, 3.63) is 27.9 Å². The first-order chi connectivity index (χ1) is 8.62. The van der Waals surface area contributed by atoms with Gasteiger partial charge in [0.15, 0.2) is 0 Å². The summed E-state index contributed by atoms with van der Waals surface area (Å²) in [5.41, 5.74) is 1.30. The lowest BCUT2D eigenvalue weighted by Crippen LogP contribution is -1.95. The molecule has 1 aromatic carbocycles. The number of alkyl halides is 1. The maximum atomic E-state index is 6.25. The van der Waals surface area contributed by atoms with Gasteiger partial charge >= 0.3 is 0 Å². The molecule has 0 aliphatic heterocycles. The summed E-state index contributed by atoms with van der Waals surface area (Å²) in [6, 6.07) is 3.47. The Kier molecular flexibility index (Phi) is 4.05. The molecular formula is C12H10Cl3NO2. The fourth-order valence-corrected chi connectivity index (χ4v) is 2.42. The molecule has 0 aliphatic carbocycles. The van der Waals surface area contributed by atoms with Crippen LogP contribution in [0.25, 0.3) is 10.9 Å². The highest BCUT2D eigenvalue weighted by Crippen LogP contribution is 2.39. The highest BCUT2D eigenvalue weighted by molar-refractivity contribution is 6.38. The van der Waals surface area contributed by atoms with E-state index < -0.39 is 0 Å². The topological polar surface area (TPSA) is 31.4 Å². The fourth-order valence-electron chi connectivity index (χ4n) is 1.67. The zero-order valence-corrected chi connectivity index (χ0v) is 12.0. The second-order valence-electron chi connectivity index (χ2n) is 3.56. The van der Waals surface area contributed by atoms with Crippen LogP contribution in [0.2, 0.25) is 10.2 Å². The number of hydrogen-bond acceptors (Lipinski definition) is 3. The molecule has 2 rings (SSSR count). The predicted octanol–water partition coefficient (Wildman–Crippen LogP) is 4.30. The maximum Gasteiger partial charge on any atom is 0.148 e. The summed E-state index contributed by atoms with van der Waals surface area (Å²) >= 11 is 18.1. The molecule has 1 aromatic heterocycles. The van der Waals surface area contributed by atoms with Gasteiger partial charge in [-0.15, -0.1) is 11.6 Å². The minimum Gasteiger partial charge on any atom is -0.495 e. The van der Waals surface area contributed by atoms with Crippen molar-refractivity contribution in [2.45, 2.75) is 5.88 Å². The summed E-state index contributed by atoms with van der Waals surface area (Å²) in [4.78, 5) is 4.27. The standard InChI is InChI=1S/C12H10Cl3NO2/c1-17-8-4-9(18-2)11-7(10(8)14)3-6(5-13)12(15)16-11/h3-4H,5H2,1-2H3. The van der Waals surface area contributed by atoms with Gasteiger partial charge in [0, 0.05) is 17.0 Å². The Bertz CT molecular complexity index is 602. The van der Waals surface area contributed by atoms with Crippen molar-refractivity contribution in [3.63, 3.8) is 0 Å². The van der Waals surface area contributed by atoms with Crippen molar-refractivity contribution in [1.82, 2.24) is 4.98 Å². The number of rotatable bonds is 3. The lowest BCUT2D eigenvalue weighted by Gasteiger charge is -2.12. The number of nitrogens with zero attached hydrogens (tertiary/aromatic N) is 1. The first-order valence-electron chi connectivity index (χ1n) is 5.08. The monoisotopic (exact) mass is 305 g/mol. The van der Waals surface area contributed by atoms with Crippen LogP contribution in [-0.2, 0) is 5.88 Å². The van der Waals surface area contributed by atoms with Crippen LogP contribution in [-0.4, -0.2) is 19.2 Å². The Morgan fingerprint density at radius 2 is 1.78 bits per heavy atom. The van der Waals surface area contributed by atoms with Crippen LogP contribution in [0.4, 0.5) is 0 Å². The van der Waals surface area contributed by atoms with Gasteiger partial charge < -0.3 is 9.47 Å². The third kappa shape index (κ3) is 2.18. The molecule has 0 N–H and O–H groups in total. The van der Waals surface area contributed by atoms with Gasteiger partial charge in [-0.3, -0.25) is 0 Å². The van der Waals surface area contributed by atoms with E-state index in [-0.39, 0.29) is 5.88 Å². The van der Waals surface area contributed by atoms with Crippen LogP contribution in [0.5, 0.6) is 11.5 Å². The Morgan fingerprint density at radius 3 is 2.33 bits per heavy atom.